The summed E-state index contributed by atoms with van der Waals surface area (Å²) in [7, 11) is 0. The molecule has 0 atom stereocenters. The Morgan fingerprint density at radius 1 is 1.10 bits per heavy atom. The Morgan fingerprint density at radius 2 is 1.70 bits per heavy atom. The van der Waals surface area contributed by atoms with Gasteiger partial charge in [-0.2, -0.15) is 0 Å². The summed E-state index contributed by atoms with van der Waals surface area (Å²) in [4.78, 5) is 11.4. The molecule has 1 rings (SSSR count). The van der Waals surface area contributed by atoms with Crippen molar-refractivity contribution < 1.29 is 19.4 Å². The van der Waals surface area contributed by atoms with Crippen LogP contribution >= 0.6 is 0 Å². The summed E-state index contributed by atoms with van der Waals surface area (Å²) in [5.74, 6) is -0.232. The third-order valence-electron chi connectivity index (χ3n) is 2.61. The molecule has 1 N–H and O–H groups in total. The second-order valence-corrected chi connectivity index (χ2v) is 5.67. The molecule has 0 saturated heterocycles. The van der Waals surface area contributed by atoms with E-state index < -0.39 is 5.60 Å². The van der Waals surface area contributed by atoms with E-state index in [0.29, 0.717) is 13.2 Å². The molecule has 1 aromatic rings. The fourth-order valence-corrected chi connectivity index (χ4v) is 1.65. The van der Waals surface area contributed by atoms with Gasteiger partial charge in [-0.3, -0.25) is 4.79 Å². The van der Waals surface area contributed by atoms with Gasteiger partial charge in [0.25, 0.3) is 0 Å². The lowest BCUT2D eigenvalue weighted by molar-refractivity contribution is -0.156. The van der Waals surface area contributed by atoms with E-state index >= 15 is 0 Å². The number of hydrogen-bond donors (Lipinski definition) is 1. The van der Waals surface area contributed by atoms with Crippen LogP contribution in [0.5, 0.6) is 0 Å². The Balaban J connectivity index is 2.14. The number of carbonyl (C=O) groups is 1. The predicted molar refractivity (Wildman–Crippen MR) is 77.3 cm³/mol. The predicted octanol–water partition coefficient (Wildman–Crippen LogP) is 2.47. The van der Waals surface area contributed by atoms with Crippen molar-refractivity contribution in [3.8, 4) is 0 Å². The molecule has 0 aliphatic heterocycles. The Bertz CT molecular complexity index is 403. The van der Waals surface area contributed by atoms with E-state index in [1.165, 1.54) is 0 Å². The van der Waals surface area contributed by atoms with Gasteiger partial charge in [0.05, 0.1) is 26.2 Å². The molecule has 0 unspecified atom stereocenters. The van der Waals surface area contributed by atoms with Crippen LogP contribution in [0.3, 0.4) is 0 Å². The molecule has 0 bridgehead atoms. The van der Waals surface area contributed by atoms with Crippen molar-refractivity contribution in [1.29, 1.82) is 0 Å². The Morgan fingerprint density at radius 3 is 2.25 bits per heavy atom. The molecular formula is C16H24O4. The van der Waals surface area contributed by atoms with Crippen LogP contribution in [0.4, 0.5) is 0 Å². The quantitative estimate of drug-likeness (QED) is 0.616. The van der Waals surface area contributed by atoms with Crippen LogP contribution in [0.2, 0.25) is 0 Å². The van der Waals surface area contributed by atoms with E-state index in [1.807, 2.05) is 45.0 Å². The number of benzene rings is 1. The van der Waals surface area contributed by atoms with Crippen LogP contribution in [0.25, 0.3) is 0 Å². The fourth-order valence-electron chi connectivity index (χ4n) is 1.65. The first kappa shape index (κ1) is 16.7. The monoisotopic (exact) mass is 280 g/mol. The first-order valence-corrected chi connectivity index (χ1v) is 6.89. The average Bonchev–Trinajstić information content (AvgIpc) is 2.37. The topological polar surface area (TPSA) is 55.8 Å². The van der Waals surface area contributed by atoms with Crippen molar-refractivity contribution in [2.75, 3.05) is 13.2 Å². The van der Waals surface area contributed by atoms with Crippen LogP contribution in [0.15, 0.2) is 24.3 Å². The highest BCUT2D eigenvalue weighted by Crippen LogP contribution is 2.08. The first-order chi connectivity index (χ1) is 9.40. The minimum Gasteiger partial charge on any atom is -0.460 e. The van der Waals surface area contributed by atoms with Crippen molar-refractivity contribution in [3.05, 3.63) is 35.4 Å². The molecule has 0 fully saturated rings. The molecule has 4 nitrogen and oxygen atoms in total. The number of aliphatic hydroxyl groups excluding tert-OH is 1. The summed E-state index contributed by atoms with van der Waals surface area (Å²) in [5.41, 5.74) is 1.62. The van der Waals surface area contributed by atoms with Gasteiger partial charge in [-0.05, 0) is 38.3 Å². The lowest BCUT2D eigenvalue weighted by atomic mass is 10.1. The van der Waals surface area contributed by atoms with Gasteiger partial charge in [0.2, 0.25) is 0 Å². The SMILES string of the molecule is CC(C)(C)OC(=O)CCOCCc1ccc(CO)cc1. The lowest BCUT2D eigenvalue weighted by Gasteiger charge is -2.19. The van der Waals surface area contributed by atoms with Gasteiger partial charge in [0, 0.05) is 0 Å². The second kappa shape index (κ2) is 8.02. The van der Waals surface area contributed by atoms with E-state index in [4.69, 9.17) is 14.6 Å². The number of carbonyl (C=O) groups excluding carboxylic acids is 1. The molecule has 0 heterocycles. The summed E-state index contributed by atoms with van der Waals surface area (Å²) >= 11 is 0. The van der Waals surface area contributed by atoms with Gasteiger partial charge in [-0.15, -0.1) is 0 Å². The molecule has 0 aliphatic carbocycles. The maximum Gasteiger partial charge on any atom is 0.308 e. The molecule has 0 aromatic heterocycles. The van der Waals surface area contributed by atoms with Crippen molar-refractivity contribution in [2.45, 2.75) is 45.8 Å². The lowest BCUT2D eigenvalue weighted by Crippen LogP contribution is -2.24. The van der Waals surface area contributed by atoms with Crippen molar-refractivity contribution >= 4 is 5.97 Å². The van der Waals surface area contributed by atoms with Crippen LogP contribution in [-0.2, 0) is 27.3 Å². The zero-order chi connectivity index (χ0) is 15.0. The first-order valence-electron chi connectivity index (χ1n) is 6.89. The maximum atomic E-state index is 11.4. The third-order valence-corrected chi connectivity index (χ3v) is 2.61. The highest BCUT2D eigenvalue weighted by atomic mass is 16.6. The van der Waals surface area contributed by atoms with Gasteiger partial charge in [0.15, 0.2) is 0 Å². The van der Waals surface area contributed by atoms with Crippen molar-refractivity contribution in [2.24, 2.45) is 0 Å². The number of rotatable bonds is 7. The normalized spacial score (nSPS) is 11.4. The van der Waals surface area contributed by atoms with E-state index in [0.717, 1.165) is 17.5 Å². The molecule has 20 heavy (non-hydrogen) atoms. The van der Waals surface area contributed by atoms with Crippen molar-refractivity contribution in [3.63, 3.8) is 0 Å². The van der Waals surface area contributed by atoms with Gasteiger partial charge >= 0.3 is 5.97 Å². The fraction of sp³-hybridized carbons (Fsp3) is 0.562. The zero-order valence-corrected chi connectivity index (χ0v) is 12.5. The summed E-state index contributed by atoms with van der Waals surface area (Å²) in [6.45, 7) is 6.56. The molecule has 0 radical (unpaired) electrons. The molecule has 0 spiro atoms. The highest BCUT2D eigenvalue weighted by molar-refractivity contribution is 5.69. The average molecular weight is 280 g/mol. The number of esters is 1. The maximum absolute atomic E-state index is 11.4. The van der Waals surface area contributed by atoms with Crippen LogP contribution in [0.1, 0.15) is 38.3 Å². The van der Waals surface area contributed by atoms with E-state index in [-0.39, 0.29) is 19.0 Å². The molecule has 112 valence electrons. The van der Waals surface area contributed by atoms with Gasteiger partial charge in [-0.1, -0.05) is 24.3 Å². The van der Waals surface area contributed by atoms with Crippen LogP contribution < -0.4 is 0 Å². The largest absolute Gasteiger partial charge is 0.460 e. The summed E-state index contributed by atoms with van der Waals surface area (Å²) < 4.78 is 10.6. The third kappa shape index (κ3) is 7.26. The van der Waals surface area contributed by atoms with Crippen molar-refractivity contribution in [1.82, 2.24) is 0 Å². The summed E-state index contributed by atoms with van der Waals surface area (Å²) in [6, 6.07) is 7.75. The summed E-state index contributed by atoms with van der Waals surface area (Å²) in [6.07, 6.45) is 1.07. The van der Waals surface area contributed by atoms with Gasteiger partial charge in [-0.25, -0.2) is 0 Å². The zero-order valence-electron chi connectivity index (χ0n) is 12.5. The Hall–Kier alpha value is -1.39. The number of aliphatic hydroxyl groups is 1. The van der Waals surface area contributed by atoms with Crippen LogP contribution in [-0.4, -0.2) is 29.9 Å². The molecular weight excluding hydrogens is 256 g/mol. The van der Waals surface area contributed by atoms with Crippen LogP contribution in [0, 0.1) is 0 Å². The minimum absolute atomic E-state index is 0.0622. The number of ether oxygens (including phenoxy) is 2. The van der Waals surface area contributed by atoms with E-state index in [2.05, 4.69) is 0 Å². The summed E-state index contributed by atoms with van der Waals surface area (Å²) in [5, 5.41) is 8.94. The highest BCUT2D eigenvalue weighted by Gasteiger charge is 2.15. The molecule has 0 saturated carbocycles. The van der Waals surface area contributed by atoms with Gasteiger partial charge < -0.3 is 14.6 Å². The molecule has 0 aliphatic rings. The molecule has 0 amide bonds. The van der Waals surface area contributed by atoms with E-state index in [1.54, 1.807) is 0 Å². The molecule has 4 heteroatoms. The minimum atomic E-state index is -0.439. The van der Waals surface area contributed by atoms with E-state index in [9.17, 15) is 4.79 Å². The smallest absolute Gasteiger partial charge is 0.308 e. The molecule has 1 aromatic carbocycles. The second-order valence-electron chi connectivity index (χ2n) is 5.67. The van der Waals surface area contributed by atoms with Gasteiger partial charge in [0.1, 0.15) is 5.60 Å². The Labute approximate surface area is 120 Å². The standard InChI is InChI=1S/C16H24O4/c1-16(2,3)20-15(18)9-11-19-10-8-13-4-6-14(12-17)7-5-13/h4-7,17H,8-12H2,1-3H3. The number of hydrogen-bond acceptors (Lipinski definition) is 4. The Kier molecular flexibility index (Phi) is 6.68.